The van der Waals surface area contributed by atoms with Crippen LogP contribution < -0.4 is 4.74 Å². The zero-order valence-electron chi connectivity index (χ0n) is 12.0. The summed E-state index contributed by atoms with van der Waals surface area (Å²) in [6.07, 6.45) is 1.82. The van der Waals surface area contributed by atoms with Gasteiger partial charge in [0.05, 0.1) is 18.1 Å². The maximum atomic E-state index is 12.7. The van der Waals surface area contributed by atoms with Gasteiger partial charge in [-0.3, -0.25) is 10.1 Å². The number of nitrogens with zero attached hydrogens (tertiary/aromatic N) is 2. The third-order valence-corrected chi connectivity index (χ3v) is 5.50. The van der Waals surface area contributed by atoms with Crippen molar-refractivity contribution in [2.75, 3.05) is 20.2 Å². The number of nitro groups is 1. The van der Waals surface area contributed by atoms with Crippen LogP contribution in [-0.2, 0) is 10.0 Å². The molecular weight excluding hydrogens is 296 g/mol. The average molecular weight is 314 g/mol. The molecule has 1 aromatic carbocycles. The first kappa shape index (κ1) is 15.7. The van der Waals surface area contributed by atoms with Gasteiger partial charge in [0.2, 0.25) is 10.0 Å². The summed E-state index contributed by atoms with van der Waals surface area (Å²) in [5.74, 6) is 0.306. The van der Waals surface area contributed by atoms with E-state index in [9.17, 15) is 18.5 Å². The van der Waals surface area contributed by atoms with E-state index < -0.39 is 14.9 Å². The van der Waals surface area contributed by atoms with Crippen LogP contribution in [0.1, 0.15) is 19.8 Å². The SMILES string of the molecule is COc1cc([N+](=O)[O-])ccc1S(=O)(=O)N1CCCC(C)C1. The van der Waals surface area contributed by atoms with Crippen molar-refractivity contribution >= 4 is 15.7 Å². The van der Waals surface area contributed by atoms with Gasteiger partial charge < -0.3 is 4.74 Å². The van der Waals surface area contributed by atoms with Gasteiger partial charge in [-0.1, -0.05) is 6.92 Å². The molecule has 0 aromatic heterocycles. The summed E-state index contributed by atoms with van der Waals surface area (Å²) in [5, 5.41) is 10.8. The normalized spacial score (nSPS) is 20.2. The van der Waals surface area contributed by atoms with Crippen LogP contribution in [0.2, 0.25) is 0 Å². The van der Waals surface area contributed by atoms with E-state index in [1.807, 2.05) is 6.92 Å². The van der Waals surface area contributed by atoms with Crippen molar-refractivity contribution in [2.45, 2.75) is 24.7 Å². The van der Waals surface area contributed by atoms with Crippen LogP contribution >= 0.6 is 0 Å². The first-order valence-corrected chi connectivity index (χ1v) is 8.13. The number of nitro benzene ring substituents is 1. The fourth-order valence-corrected chi connectivity index (χ4v) is 4.22. The lowest BCUT2D eigenvalue weighted by molar-refractivity contribution is -0.385. The van der Waals surface area contributed by atoms with E-state index in [4.69, 9.17) is 4.74 Å². The van der Waals surface area contributed by atoms with Crippen LogP contribution in [0.3, 0.4) is 0 Å². The van der Waals surface area contributed by atoms with Crippen molar-refractivity contribution in [3.8, 4) is 5.75 Å². The molecule has 1 aromatic rings. The lowest BCUT2D eigenvalue weighted by Crippen LogP contribution is -2.39. The van der Waals surface area contributed by atoms with Crippen LogP contribution in [0.25, 0.3) is 0 Å². The molecule has 0 bridgehead atoms. The molecule has 116 valence electrons. The van der Waals surface area contributed by atoms with Gasteiger partial charge in [-0.15, -0.1) is 0 Å². The minimum atomic E-state index is -3.69. The zero-order valence-corrected chi connectivity index (χ0v) is 12.8. The Bertz CT molecular complexity index is 644. The van der Waals surface area contributed by atoms with Gasteiger partial charge in [-0.25, -0.2) is 8.42 Å². The zero-order chi connectivity index (χ0) is 15.6. The largest absolute Gasteiger partial charge is 0.495 e. The Balaban J connectivity index is 2.42. The number of non-ortho nitro benzene ring substituents is 1. The van der Waals surface area contributed by atoms with Crippen molar-refractivity contribution in [3.05, 3.63) is 28.3 Å². The van der Waals surface area contributed by atoms with Gasteiger partial charge in [0.25, 0.3) is 5.69 Å². The minimum Gasteiger partial charge on any atom is -0.495 e. The smallest absolute Gasteiger partial charge is 0.273 e. The molecule has 8 heteroatoms. The number of piperidine rings is 1. The van der Waals surface area contributed by atoms with Crippen molar-refractivity contribution in [3.63, 3.8) is 0 Å². The third-order valence-electron chi connectivity index (χ3n) is 3.60. The summed E-state index contributed by atoms with van der Waals surface area (Å²) in [7, 11) is -2.39. The highest BCUT2D eigenvalue weighted by Crippen LogP contribution is 2.32. The van der Waals surface area contributed by atoms with Crippen LogP contribution in [0.15, 0.2) is 23.1 Å². The molecule has 0 N–H and O–H groups in total. The summed E-state index contributed by atoms with van der Waals surface area (Å²) in [5.41, 5.74) is -0.196. The van der Waals surface area contributed by atoms with E-state index in [1.54, 1.807) is 0 Å². The van der Waals surface area contributed by atoms with Crippen molar-refractivity contribution < 1.29 is 18.1 Å². The van der Waals surface area contributed by atoms with Crippen molar-refractivity contribution in [1.29, 1.82) is 0 Å². The Morgan fingerprint density at radius 2 is 2.14 bits per heavy atom. The Morgan fingerprint density at radius 3 is 2.71 bits per heavy atom. The van der Waals surface area contributed by atoms with Gasteiger partial charge in [0, 0.05) is 19.2 Å². The number of hydrogen-bond acceptors (Lipinski definition) is 5. The van der Waals surface area contributed by atoms with Crippen LogP contribution in [0.5, 0.6) is 5.75 Å². The Kier molecular flexibility index (Phi) is 4.48. The minimum absolute atomic E-state index is 0.00225. The number of hydrogen-bond donors (Lipinski definition) is 0. The van der Waals surface area contributed by atoms with E-state index in [1.165, 1.54) is 23.5 Å². The Hall–Kier alpha value is -1.67. The summed E-state index contributed by atoms with van der Waals surface area (Å²) >= 11 is 0. The quantitative estimate of drug-likeness (QED) is 0.626. The fourth-order valence-electron chi connectivity index (χ4n) is 2.49. The number of sulfonamides is 1. The highest BCUT2D eigenvalue weighted by atomic mass is 32.2. The summed E-state index contributed by atoms with van der Waals surface area (Å²) < 4.78 is 31.8. The molecule has 1 unspecified atom stereocenters. The van der Waals surface area contributed by atoms with E-state index >= 15 is 0 Å². The van der Waals surface area contributed by atoms with Gasteiger partial charge in [0.15, 0.2) is 0 Å². The molecule has 1 fully saturated rings. The number of rotatable bonds is 4. The number of ether oxygens (including phenoxy) is 1. The molecular formula is C13H18N2O5S. The fraction of sp³-hybridized carbons (Fsp3) is 0.538. The second-order valence-corrected chi connectivity index (χ2v) is 7.11. The summed E-state index contributed by atoms with van der Waals surface area (Å²) in [4.78, 5) is 10.2. The second-order valence-electron chi connectivity index (χ2n) is 5.20. The van der Waals surface area contributed by atoms with Crippen LogP contribution in [-0.4, -0.2) is 37.8 Å². The molecule has 7 nitrogen and oxygen atoms in total. The molecule has 1 aliphatic heterocycles. The molecule has 0 aliphatic carbocycles. The van der Waals surface area contributed by atoms with Crippen molar-refractivity contribution in [2.24, 2.45) is 5.92 Å². The van der Waals surface area contributed by atoms with Gasteiger partial charge in [-0.2, -0.15) is 4.31 Å². The van der Waals surface area contributed by atoms with Gasteiger partial charge in [0.1, 0.15) is 10.6 Å². The average Bonchev–Trinajstić information content (AvgIpc) is 2.46. The Labute approximate surface area is 123 Å². The molecule has 2 rings (SSSR count). The molecule has 0 radical (unpaired) electrons. The molecule has 0 spiro atoms. The number of methoxy groups -OCH3 is 1. The van der Waals surface area contributed by atoms with Crippen LogP contribution in [0.4, 0.5) is 5.69 Å². The maximum absolute atomic E-state index is 12.7. The molecule has 21 heavy (non-hydrogen) atoms. The highest BCUT2D eigenvalue weighted by Gasteiger charge is 2.31. The van der Waals surface area contributed by atoms with E-state index in [0.29, 0.717) is 19.0 Å². The van der Waals surface area contributed by atoms with Crippen LogP contribution in [0, 0.1) is 16.0 Å². The molecule has 1 atom stereocenters. The predicted molar refractivity (Wildman–Crippen MR) is 76.8 cm³/mol. The first-order valence-electron chi connectivity index (χ1n) is 6.69. The maximum Gasteiger partial charge on any atom is 0.273 e. The molecule has 0 amide bonds. The van der Waals surface area contributed by atoms with E-state index in [2.05, 4.69) is 0 Å². The summed E-state index contributed by atoms with van der Waals surface area (Å²) in [6, 6.07) is 3.56. The van der Waals surface area contributed by atoms with Gasteiger partial charge >= 0.3 is 0 Å². The predicted octanol–water partition coefficient (Wildman–Crippen LogP) is 2.02. The summed E-state index contributed by atoms with van der Waals surface area (Å²) in [6.45, 7) is 2.93. The topological polar surface area (TPSA) is 89.7 Å². The standard InChI is InChI=1S/C13H18N2O5S/c1-10-4-3-7-14(9-10)21(18,19)13-6-5-11(15(16)17)8-12(13)20-2/h5-6,8,10H,3-4,7,9H2,1-2H3. The monoisotopic (exact) mass is 314 g/mol. The highest BCUT2D eigenvalue weighted by molar-refractivity contribution is 7.89. The Morgan fingerprint density at radius 1 is 1.43 bits per heavy atom. The molecule has 1 heterocycles. The van der Waals surface area contributed by atoms with E-state index in [0.717, 1.165) is 18.9 Å². The van der Waals surface area contributed by atoms with E-state index in [-0.39, 0.29) is 16.3 Å². The number of benzene rings is 1. The lowest BCUT2D eigenvalue weighted by Gasteiger charge is -2.30. The molecule has 1 saturated heterocycles. The lowest BCUT2D eigenvalue weighted by atomic mass is 10.0. The molecule has 0 saturated carbocycles. The van der Waals surface area contributed by atoms with Crippen molar-refractivity contribution in [1.82, 2.24) is 4.31 Å². The van der Waals surface area contributed by atoms with Gasteiger partial charge in [-0.05, 0) is 24.8 Å². The first-order chi connectivity index (χ1) is 9.86. The second kappa shape index (κ2) is 5.98. The third kappa shape index (κ3) is 3.16. The molecule has 1 aliphatic rings.